The number of carbonyl (C=O) groups is 1. The summed E-state index contributed by atoms with van der Waals surface area (Å²) in [7, 11) is -3.93. The molecule has 2 aromatic rings. The van der Waals surface area contributed by atoms with E-state index >= 15 is 0 Å². The minimum absolute atomic E-state index is 0.0937. The first-order valence-corrected chi connectivity index (χ1v) is 11.8. The molecule has 3 rings (SSSR count). The summed E-state index contributed by atoms with van der Waals surface area (Å²) < 4.78 is 32.3. The first kappa shape index (κ1) is 21.7. The number of benzene rings is 2. The van der Waals surface area contributed by atoms with Gasteiger partial charge in [-0.15, -0.1) is 0 Å². The van der Waals surface area contributed by atoms with Crippen molar-refractivity contribution in [3.63, 3.8) is 0 Å². The zero-order valence-corrected chi connectivity index (χ0v) is 18.3. The van der Waals surface area contributed by atoms with Crippen molar-refractivity contribution in [2.24, 2.45) is 0 Å². The molecule has 0 aromatic heterocycles. The van der Waals surface area contributed by atoms with Crippen molar-refractivity contribution in [1.29, 1.82) is 0 Å². The molecule has 8 heteroatoms. The molecule has 0 saturated carbocycles. The van der Waals surface area contributed by atoms with E-state index in [9.17, 15) is 18.3 Å². The third kappa shape index (κ3) is 4.44. The van der Waals surface area contributed by atoms with Crippen LogP contribution in [0.4, 0.5) is 0 Å². The Hall–Kier alpha value is -2.03. The summed E-state index contributed by atoms with van der Waals surface area (Å²) in [4.78, 5) is 11.9. The molecule has 6 nitrogen and oxygen atoms in total. The van der Waals surface area contributed by atoms with E-state index in [-0.39, 0.29) is 11.4 Å². The number of hydrogen-bond donors (Lipinski definition) is 1. The lowest BCUT2D eigenvalue weighted by Gasteiger charge is -2.42. The van der Waals surface area contributed by atoms with Gasteiger partial charge in [-0.1, -0.05) is 24.3 Å². The maximum atomic E-state index is 13.2. The summed E-state index contributed by atoms with van der Waals surface area (Å²) in [6.07, 6.45) is 0. The molecule has 0 unspecified atom stereocenters. The zero-order valence-electron chi connectivity index (χ0n) is 16.7. The van der Waals surface area contributed by atoms with E-state index in [0.29, 0.717) is 12.4 Å². The van der Waals surface area contributed by atoms with Crippen LogP contribution in [-0.2, 0) is 14.8 Å². The van der Waals surface area contributed by atoms with E-state index in [4.69, 9.17) is 4.74 Å². The molecule has 1 atom stereocenters. The lowest BCUT2D eigenvalue weighted by atomic mass is 10.0. The molecule has 1 aliphatic heterocycles. The van der Waals surface area contributed by atoms with Crippen LogP contribution in [0.2, 0.25) is 0 Å². The molecule has 2 aromatic carbocycles. The van der Waals surface area contributed by atoms with Gasteiger partial charge in [-0.2, -0.15) is 16.1 Å². The number of ether oxygens (including phenoxy) is 1. The Kier molecular flexibility index (Phi) is 6.26. The first-order valence-electron chi connectivity index (χ1n) is 9.38. The molecule has 29 heavy (non-hydrogen) atoms. The molecule has 1 aliphatic rings. The quantitative estimate of drug-likeness (QED) is 0.744. The zero-order chi connectivity index (χ0) is 21.2. The third-order valence-electron chi connectivity index (χ3n) is 4.91. The SMILES string of the molecule is CCOc1cccc(-c2ccc(S(=O)(=O)N3CCSC(C)(C)[C@@H]3C(=O)O)cc2)c1. The predicted molar refractivity (Wildman–Crippen MR) is 115 cm³/mol. The van der Waals surface area contributed by atoms with E-state index in [1.54, 1.807) is 26.0 Å². The molecule has 1 heterocycles. The van der Waals surface area contributed by atoms with Gasteiger partial charge in [0.15, 0.2) is 0 Å². The predicted octanol–water partition coefficient (Wildman–Crippen LogP) is 3.72. The molecule has 0 radical (unpaired) electrons. The van der Waals surface area contributed by atoms with Gasteiger partial charge in [0.05, 0.1) is 11.5 Å². The standard InChI is InChI=1S/C21H25NO5S2/c1-4-27-17-7-5-6-16(14-17)15-8-10-18(11-9-15)29(25,26)22-12-13-28-21(2,3)19(22)20(23)24/h5-11,14,19H,4,12-13H2,1-3H3,(H,23,24)/t19-/m0/s1. The van der Waals surface area contributed by atoms with Crippen LogP contribution in [0.25, 0.3) is 11.1 Å². The Labute approximate surface area is 175 Å². The van der Waals surface area contributed by atoms with Crippen molar-refractivity contribution in [2.45, 2.75) is 36.5 Å². The number of carboxylic acids is 1. The van der Waals surface area contributed by atoms with Crippen LogP contribution in [0.5, 0.6) is 5.75 Å². The van der Waals surface area contributed by atoms with E-state index in [2.05, 4.69) is 0 Å². The van der Waals surface area contributed by atoms with Gasteiger partial charge in [-0.05, 0) is 56.2 Å². The van der Waals surface area contributed by atoms with Crippen molar-refractivity contribution in [3.05, 3.63) is 48.5 Å². The molecule has 0 spiro atoms. The molecular weight excluding hydrogens is 410 g/mol. The van der Waals surface area contributed by atoms with E-state index in [1.165, 1.54) is 23.9 Å². The van der Waals surface area contributed by atoms with Crippen molar-refractivity contribution in [2.75, 3.05) is 18.9 Å². The van der Waals surface area contributed by atoms with Gasteiger partial charge >= 0.3 is 5.97 Å². The van der Waals surface area contributed by atoms with Gasteiger partial charge < -0.3 is 9.84 Å². The minimum atomic E-state index is -3.93. The number of aliphatic carboxylic acids is 1. The highest BCUT2D eigenvalue weighted by atomic mass is 32.2. The monoisotopic (exact) mass is 435 g/mol. The van der Waals surface area contributed by atoms with E-state index < -0.39 is 26.8 Å². The van der Waals surface area contributed by atoms with Gasteiger partial charge in [0, 0.05) is 17.0 Å². The Morgan fingerprint density at radius 3 is 2.52 bits per heavy atom. The third-order valence-corrected chi connectivity index (χ3v) is 8.14. The molecule has 0 amide bonds. The van der Waals surface area contributed by atoms with Crippen molar-refractivity contribution in [3.8, 4) is 16.9 Å². The summed E-state index contributed by atoms with van der Waals surface area (Å²) in [5.41, 5.74) is 1.77. The number of hydrogen-bond acceptors (Lipinski definition) is 5. The second kappa shape index (κ2) is 8.38. The van der Waals surface area contributed by atoms with E-state index in [0.717, 1.165) is 21.2 Å². The van der Waals surface area contributed by atoms with Crippen molar-refractivity contribution < 1.29 is 23.1 Å². The number of rotatable bonds is 6. The number of nitrogens with zero attached hydrogens (tertiary/aromatic N) is 1. The fourth-order valence-electron chi connectivity index (χ4n) is 3.52. The summed E-state index contributed by atoms with van der Waals surface area (Å²) >= 11 is 1.48. The van der Waals surface area contributed by atoms with Gasteiger partial charge in [-0.3, -0.25) is 4.79 Å². The fraction of sp³-hybridized carbons (Fsp3) is 0.381. The molecule has 1 N–H and O–H groups in total. The number of sulfonamides is 1. The first-order chi connectivity index (χ1) is 13.7. The molecule has 1 fully saturated rings. The summed E-state index contributed by atoms with van der Waals surface area (Å²) in [5, 5.41) is 9.69. The van der Waals surface area contributed by atoms with Gasteiger partial charge in [-0.25, -0.2) is 8.42 Å². The summed E-state index contributed by atoms with van der Waals surface area (Å²) in [5.74, 6) is 0.173. The van der Waals surface area contributed by atoms with Crippen LogP contribution in [0.3, 0.4) is 0 Å². The van der Waals surface area contributed by atoms with Crippen molar-refractivity contribution >= 4 is 27.8 Å². The molecule has 1 saturated heterocycles. The lowest BCUT2D eigenvalue weighted by molar-refractivity contribution is -0.142. The normalized spacial score (nSPS) is 19.6. The van der Waals surface area contributed by atoms with Gasteiger partial charge in [0.2, 0.25) is 10.0 Å². The van der Waals surface area contributed by atoms with Gasteiger partial charge in [0.1, 0.15) is 11.8 Å². The number of thioether (sulfide) groups is 1. The molecule has 0 bridgehead atoms. The number of carboxylic acid groups (broad SMARTS) is 1. The Morgan fingerprint density at radius 2 is 1.90 bits per heavy atom. The van der Waals surface area contributed by atoms with Crippen LogP contribution in [0.1, 0.15) is 20.8 Å². The van der Waals surface area contributed by atoms with Crippen LogP contribution >= 0.6 is 11.8 Å². The summed E-state index contributed by atoms with van der Waals surface area (Å²) in [6, 6.07) is 13.0. The topological polar surface area (TPSA) is 83.9 Å². The Bertz CT molecular complexity index is 986. The minimum Gasteiger partial charge on any atom is -0.494 e. The molecule has 0 aliphatic carbocycles. The highest BCUT2D eigenvalue weighted by molar-refractivity contribution is 8.00. The molecule has 156 valence electrons. The second-order valence-corrected chi connectivity index (χ2v) is 10.9. The maximum Gasteiger partial charge on any atom is 0.323 e. The lowest BCUT2D eigenvalue weighted by Crippen LogP contribution is -2.58. The van der Waals surface area contributed by atoms with Crippen molar-refractivity contribution in [1.82, 2.24) is 4.31 Å². The smallest absolute Gasteiger partial charge is 0.323 e. The van der Waals surface area contributed by atoms with Crippen LogP contribution in [0.15, 0.2) is 53.4 Å². The maximum absolute atomic E-state index is 13.2. The Balaban J connectivity index is 1.92. The highest BCUT2D eigenvalue weighted by Gasteiger charge is 2.48. The highest BCUT2D eigenvalue weighted by Crippen LogP contribution is 2.38. The van der Waals surface area contributed by atoms with E-state index in [1.807, 2.05) is 31.2 Å². The van der Waals surface area contributed by atoms with Crippen LogP contribution in [-0.4, -0.2) is 53.5 Å². The molecular formula is C21H25NO5S2. The van der Waals surface area contributed by atoms with Gasteiger partial charge in [0.25, 0.3) is 0 Å². The Morgan fingerprint density at radius 1 is 1.21 bits per heavy atom. The largest absolute Gasteiger partial charge is 0.494 e. The fourth-order valence-corrected chi connectivity index (χ4v) is 6.62. The van der Waals surface area contributed by atoms with Crippen LogP contribution in [0, 0.1) is 0 Å². The average molecular weight is 436 g/mol. The average Bonchev–Trinajstić information content (AvgIpc) is 2.67. The van der Waals surface area contributed by atoms with Crippen LogP contribution < -0.4 is 4.74 Å². The summed E-state index contributed by atoms with van der Waals surface area (Å²) in [6.45, 7) is 6.19. The second-order valence-electron chi connectivity index (χ2n) is 7.29.